The maximum Gasteiger partial charge on any atom is 0.246 e. The van der Waals surface area contributed by atoms with Gasteiger partial charge in [-0.15, -0.1) is 35.3 Å². The van der Waals surface area contributed by atoms with E-state index in [1.807, 2.05) is 6.20 Å². The highest BCUT2D eigenvalue weighted by atomic mass is 127. The van der Waals surface area contributed by atoms with Crippen molar-refractivity contribution in [1.29, 1.82) is 0 Å². The molecule has 116 valence electrons. The number of hydrogen-bond donors (Lipinski definition) is 2. The van der Waals surface area contributed by atoms with Gasteiger partial charge in [-0.25, -0.2) is 4.98 Å². The lowest BCUT2D eigenvalue weighted by atomic mass is 10.4. The number of aliphatic imine (C=N–C) groups is 1. The largest absolute Gasteiger partial charge is 0.356 e. The number of rotatable bonds is 5. The van der Waals surface area contributed by atoms with Crippen molar-refractivity contribution in [2.45, 2.75) is 26.8 Å². The molecule has 2 aromatic heterocycles. The van der Waals surface area contributed by atoms with Crippen molar-refractivity contribution in [1.82, 2.24) is 25.8 Å². The van der Waals surface area contributed by atoms with Crippen LogP contribution in [0.2, 0.25) is 0 Å². The highest BCUT2D eigenvalue weighted by molar-refractivity contribution is 14.0. The third-order valence-corrected chi connectivity index (χ3v) is 3.47. The van der Waals surface area contributed by atoms with Crippen LogP contribution in [0.15, 0.2) is 15.7 Å². The smallest absolute Gasteiger partial charge is 0.246 e. The third kappa shape index (κ3) is 5.96. The van der Waals surface area contributed by atoms with Crippen LogP contribution in [0.4, 0.5) is 0 Å². The number of halogens is 1. The third-order valence-electron chi connectivity index (χ3n) is 2.50. The van der Waals surface area contributed by atoms with Gasteiger partial charge in [0.25, 0.3) is 0 Å². The quantitative estimate of drug-likeness (QED) is 0.433. The molecule has 0 amide bonds. The molecule has 0 bridgehead atoms. The van der Waals surface area contributed by atoms with E-state index >= 15 is 0 Å². The van der Waals surface area contributed by atoms with Gasteiger partial charge in [0, 0.05) is 31.1 Å². The summed E-state index contributed by atoms with van der Waals surface area (Å²) in [4.78, 5) is 13.8. The summed E-state index contributed by atoms with van der Waals surface area (Å²) in [7, 11) is 1.72. The predicted octanol–water partition coefficient (Wildman–Crippen LogP) is 1.67. The Balaban J connectivity index is 0.00000220. The van der Waals surface area contributed by atoms with Crippen LogP contribution in [0.1, 0.15) is 21.6 Å². The van der Waals surface area contributed by atoms with Gasteiger partial charge in [-0.05, 0) is 13.8 Å². The first-order valence-corrected chi connectivity index (χ1v) is 7.14. The number of guanidine groups is 1. The first-order chi connectivity index (χ1) is 9.67. The SMILES string of the molecule is CN=C(NCCc1ncc(C)s1)NCc1nc(C)no1.I. The maximum absolute atomic E-state index is 5.02. The number of thiazole rings is 1. The van der Waals surface area contributed by atoms with Crippen LogP contribution in [0, 0.1) is 13.8 Å². The molecular weight excluding hydrogens is 403 g/mol. The first-order valence-electron chi connectivity index (χ1n) is 6.32. The number of nitrogens with zero attached hydrogens (tertiary/aromatic N) is 4. The van der Waals surface area contributed by atoms with Crippen LogP contribution in [0.5, 0.6) is 0 Å². The van der Waals surface area contributed by atoms with Crippen LogP contribution >= 0.6 is 35.3 Å². The predicted molar refractivity (Wildman–Crippen MR) is 93.2 cm³/mol. The lowest BCUT2D eigenvalue weighted by Crippen LogP contribution is -2.37. The minimum atomic E-state index is 0. The van der Waals surface area contributed by atoms with Gasteiger partial charge in [0.1, 0.15) is 0 Å². The molecule has 2 heterocycles. The summed E-state index contributed by atoms with van der Waals surface area (Å²) in [5.41, 5.74) is 0. The summed E-state index contributed by atoms with van der Waals surface area (Å²) in [5, 5.41) is 11.2. The second-order valence-corrected chi connectivity index (χ2v) is 5.52. The van der Waals surface area contributed by atoms with Gasteiger partial charge < -0.3 is 15.2 Å². The molecule has 0 unspecified atom stereocenters. The molecule has 2 rings (SSSR count). The Hall–Kier alpha value is -1.23. The average Bonchev–Trinajstić information content (AvgIpc) is 3.02. The van der Waals surface area contributed by atoms with Crippen molar-refractivity contribution >= 4 is 41.3 Å². The molecule has 21 heavy (non-hydrogen) atoms. The van der Waals surface area contributed by atoms with Crippen LogP contribution in [0.3, 0.4) is 0 Å². The topological polar surface area (TPSA) is 88.2 Å². The summed E-state index contributed by atoms with van der Waals surface area (Å²) < 4.78 is 5.02. The van der Waals surface area contributed by atoms with Crippen molar-refractivity contribution in [3.63, 3.8) is 0 Å². The number of aromatic nitrogens is 3. The minimum Gasteiger partial charge on any atom is -0.356 e. The fourth-order valence-electron chi connectivity index (χ4n) is 1.60. The highest BCUT2D eigenvalue weighted by Gasteiger charge is 2.04. The van der Waals surface area contributed by atoms with Gasteiger partial charge in [0.2, 0.25) is 5.89 Å². The summed E-state index contributed by atoms with van der Waals surface area (Å²) in [5.74, 6) is 1.87. The number of hydrogen-bond acceptors (Lipinski definition) is 6. The Kier molecular flexibility index (Phi) is 7.57. The summed E-state index contributed by atoms with van der Waals surface area (Å²) in [6.07, 6.45) is 2.77. The van der Waals surface area contributed by atoms with E-state index in [4.69, 9.17) is 4.52 Å². The Morgan fingerprint density at radius 2 is 2.19 bits per heavy atom. The Labute approximate surface area is 144 Å². The first kappa shape index (κ1) is 17.8. The monoisotopic (exact) mass is 422 g/mol. The molecule has 0 aromatic carbocycles. The van der Waals surface area contributed by atoms with Crippen LogP contribution in [0.25, 0.3) is 0 Å². The Morgan fingerprint density at radius 3 is 2.76 bits per heavy atom. The Morgan fingerprint density at radius 1 is 1.38 bits per heavy atom. The molecular formula is C12H19IN6OS. The van der Waals surface area contributed by atoms with E-state index in [1.54, 1.807) is 25.3 Å². The van der Waals surface area contributed by atoms with Gasteiger partial charge >= 0.3 is 0 Å². The van der Waals surface area contributed by atoms with Crippen LogP contribution in [-0.4, -0.2) is 34.7 Å². The highest BCUT2D eigenvalue weighted by Crippen LogP contribution is 2.10. The number of aryl methyl sites for hydroxylation is 2. The van der Waals surface area contributed by atoms with Crippen molar-refractivity contribution in [2.24, 2.45) is 4.99 Å². The zero-order valence-corrected chi connectivity index (χ0v) is 15.4. The normalized spacial score (nSPS) is 11.1. The lowest BCUT2D eigenvalue weighted by Gasteiger charge is -2.09. The minimum absolute atomic E-state index is 0. The second-order valence-electron chi connectivity index (χ2n) is 4.20. The fourth-order valence-corrected chi connectivity index (χ4v) is 2.38. The molecule has 2 aromatic rings. The summed E-state index contributed by atoms with van der Waals surface area (Å²) in [6.45, 7) is 5.07. The van der Waals surface area contributed by atoms with E-state index in [9.17, 15) is 0 Å². The van der Waals surface area contributed by atoms with Crippen molar-refractivity contribution < 1.29 is 4.52 Å². The standard InChI is InChI=1S/C12H18N6OS.HI/c1-8-6-15-11(20-8)4-5-14-12(13-3)16-7-10-17-9(2)18-19-10;/h6H,4-5,7H2,1-3H3,(H2,13,14,16);1H. The molecule has 0 radical (unpaired) electrons. The molecule has 0 aliphatic carbocycles. The molecule has 0 atom stereocenters. The maximum atomic E-state index is 5.02. The van der Waals surface area contributed by atoms with Crippen molar-refractivity contribution in [3.05, 3.63) is 27.8 Å². The Bertz CT molecular complexity index is 582. The van der Waals surface area contributed by atoms with Gasteiger partial charge in [-0.1, -0.05) is 5.16 Å². The van der Waals surface area contributed by atoms with E-state index < -0.39 is 0 Å². The summed E-state index contributed by atoms with van der Waals surface area (Å²) in [6, 6.07) is 0. The zero-order chi connectivity index (χ0) is 14.4. The molecule has 0 fully saturated rings. The van der Waals surface area contributed by atoms with Crippen molar-refractivity contribution in [3.8, 4) is 0 Å². The second kappa shape index (κ2) is 8.93. The van der Waals surface area contributed by atoms with Gasteiger partial charge in [0.05, 0.1) is 11.6 Å². The van der Waals surface area contributed by atoms with E-state index in [0.717, 1.165) is 18.0 Å². The average molecular weight is 422 g/mol. The molecule has 0 saturated carbocycles. The van der Waals surface area contributed by atoms with Gasteiger partial charge in [-0.3, -0.25) is 4.99 Å². The molecule has 7 nitrogen and oxygen atoms in total. The lowest BCUT2D eigenvalue weighted by molar-refractivity contribution is 0.371. The molecule has 0 spiro atoms. The van der Waals surface area contributed by atoms with E-state index in [2.05, 4.69) is 37.7 Å². The summed E-state index contributed by atoms with van der Waals surface area (Å²) >= 11 is 1.72. The molecule has 0 saturated heterocycles. The van der Waals surface area contributed by atoms with Crippen molar-refractivity contribution in [2.75, 3.05) is 13.6 Å². The molecule has 9 heteroatoms. The van der Waals surface area contributed by atoms with E-state index in [-0.39, 0.29) is 24.0 Å². The van der Waals surface area contributed by atoms with Gasteiger partial charge in [-0.2, -0.15) is 4.98 Å². The fraction of sp³-hybridized carbons (Fsp3) is 0.500. The van der Waals surface area contributed by atoms with Crippen LogP contribution in [-0.2, 0) is 13.0 Å². The van der Waals surface area contributed by atoms with Crippen LogP contribution < -0.4 is 10.6 Å². The van der Waals surface area contributed by atoms with E-state index in [0.29, 0.717) is 24.2 Å². The van der Waals surface area contributed by atoms with Gasteiger partial charge in [0.15, 0.2) is 11.8 Å². The molecule has 0 aliphatic rings. The molecule has 0 aliphatic heterocycles. The zero-order valence-electron chi connectivity index (χ0n) is 12.2. The number of nitrogens with one attached hydrogen (secondary N) is 2. The molecule has 2 N–H and O–H groups in total. The van der Waals surface area contributed by atoms with E-state index in [1.165, 1.54) is 4.88 Å².